The van der Waals surface area contributed by atoms with Gasteiger partial charge in [-0.25, -0.2) is 0 Å². The maximum Gasteiger partial charge on any atom is 0.146 e. The first-order valence-electron chi connectivity index (χ1n) is 2.12. The second kappa shape index (κ2) is 4.05. The fraction of sp³-hybridized carbons (Fsp3) is 1.00. The van der Waals surface area contributed by atoms with Crippen molar-refractivity contribution in [2.24, 2.45) is 4.78 Å². The van der Waals surface area contributed by atoms with Crippen LogP contribution < -0.4 is 0 Å². The third-order valence-electron chi connectivity index (χ3n) is 0.345. The predicted molar refractivity (Wildman–Crippen MR) is 38.2 cm³/mol. The van der Waals surface area contributed by atoms with Crippen molar-refractivity contribution >= 4 is 27.1 Å². The van der Waals surface area contributed by atoms with Crippen LogP contribution in [0.5, 0.6) is 0 Å². The van der Waals surface area contributed by atoms with E-state index in [0.717, 1.165) is 0 Å². The molecule has 0 N–H and O–H groups in total. The van der Waals surface area contributed by atoms with E-state index in [9.17, 15) is 0 Å². The molecule has 0 amide bonds. The van der Waals surface area contributed by atoms with Gasteiger partial charge in [-0.15, -0.1) is 4.78 Å². The zero-order chi connectivity index (χ0) is 5.91. The quantitative estimate of drug-likeness (QED) is 0.220. The molecule has 41 valence electrons. The standard InChI is InChI=1S/C3H9N3Si.Li/c1-7(2,3)6-5-4;/h1-3H3;. The van der Waals surface area contributed by atoms with Crippen molar-refractivity contribution < 1.29 is 0 Å². The van der Waals surface area contributed by atoms with Gasteiger partial charge in [0.1, 0.15) is 8.24 Å². The number of rotatable bonds is 1. The molecule has 0 aliphatic rings. The molecule has 0 unspecified atom stereocenters. The van der Waals surface area contributed by atoms with Crippen LogP contribution in [0.25, 0.3) is 10.4 Å². The minimum atomic E-state index is -1.45. The number of nitrogens with zero attached hydrogens (tertiary/aromatic N) is 3. The van der Waals surface area contributed by atoms with Gasteiger partial charge in [-0.1, -0.05) is 19.6 Å². The van der Waals surface area contributed by atoms with Gasteiger partial charge in [-0.3, -0.25) is 0 Å². The Morgan fingerprint density at radius 3 is 1.75 bits per heavy atom. The van der Waals surface area contributed by atoms with Crippen molar-refractivity contribution in [3.63, 3.8) is 0 Å². The molecule has 3 nitrogen and oxygen atoms in total. The third-order valence-corrected chi connectivity index (χ3v) is 1.03. The van der Waals surface area contributed by atoms with Crippen molar-refractivity contribution in [1.29, 1.82) is 0 Å². The number of hydrogen-bond acceptors (Lipinski definition) is 1. The maximum absolute atomic E-state index is 7.89. The van der Waals surface area contributed by atoms with Crippen LogP contribution in [0, 0.1) is 0 Å². The van der Waals surface area contributed by atoms with Gasteiger partial charge in [0.05, 0.1) is 0 Å². The summed E-state index contributed by atoms with van der Waals surface area (Å²) in [5, 5.41) is 0. The van der Waals surface area contributed by atoms with Gasteiger partial charge in [-0.2, -0.15) is 0 Å². The van der Waals surface area contributed by atoms with Crippen molar-refractivity contribution in [3.05, 3.63) is 10.4 Å². The van der Waals surface area contributed by atoms with Gasteiger partial charge in [0.15, 0.2) is 0 Å². The molecule has 1 radical (unpaired) electrons. The first kappa shape index (κ1) is 11.0. The molecule has 0 aliphatic carbocycles. The van der Waals surface area contributed by atoms with Crippen LogP contribution in [0.1, 0.15) is 0 Å². The van der Waals surface area contributed by atoms with Crippen molar-refractivity contribution in [2.75, 3.05) is 0 Å². The molecule has 5 heteroatoms. The van der Waals surface area contributed by atoms with Crippen molar-refractivity contribution in [2.45, 2.75) is 19.6 Å². The van der Waals surface area contributed by atoms with Crippen LogP contribution in [0.15, 0.2) is 4.78 Å². The average molecular weight is 122 g/mol. The molecule has 0 heterocycles. The van der Waals surface area contributed by atoms with Gasteiger partial charge in [0, 0.05) is 18.9 Å². The Hall–Kier alpha value is 0.124. The Kier molecular flexibility index (Phi) is 5.56. The summed E-state index contributed by atoms with van der Waals surface area (Å²) in [7, 11) is -1.45. The van der Waals surface area contributed by atoms with E-state index < -0.39 is 8.24 Å². The summed E-state index contributed by atoms with van der Waals surface area (Å²) in [4.78, 5) is 2.69. The minimum absolute atomic E-state index is 0. The second-order valence-corrected chi connectivity index (χ2v) is 6.90. The van der Waals surface area contributed by atoms with E-state index in [2.05, 4.69) is 9.69 Å². The fourth-order valence-corrected chi connectivity index (χ4v) is 0.402. The Bertz CT molecular complexity index is 102. The largest absolute Gasteiger partial charge is 0.146 e. The van der Waals surface area contributed by atoms with E-state index in [0.29, 0.717) is 0 Å². The Morgan fingerprint density at radius 1 is 1.38 bits per heavy atom. The van der Waals surface area contributed by atoms with Gasteiger partial charge in [-0.05, 0) is 10.4 Å². The molecule has 0 spiro atoms. The zero-order valence-corrected chi connectivity index (χ0v) is 6.84. The molecule has 0 bridgehead atoms. The monoisotopic (exact) mass is 122 g/mol. The van der Waals surface area contributed by atoms with Crippen LogP contribution in [0.4, 0.5) is 0 Å². The summed E-state index contributed by atoms with van der Waals surface area (Å²) in [5.74, 6) is 0. The van der Waals surface area contributed by atoms with Gasteiger partial charge in [0.2, 0.25) is 0 Å². The molecule has 0 saturated carbocycles. The summed E-state index contributed by atoms with van der Waals surface area (Å²) in [6.07, 6.45) is 0. The molecule has 0 atom stereocenters. The predicted octanol–water partition coefficient (Wildman–Crippen LogP) is 1.75. The molecule has 0 aromatic carbocycles. The first-order valence-corrected chi connectivity index (χ1v) is 5.57. The minimum Gasteiger partial charge on any atom is -0.125 e. The molecule has 0 aromatic rings. The van der Waals surface area contributed by atoms with E-state index in [1.807, 2.05) is 19.6 Å². The Balaban J connectivity index is 0. The van der Waals surface area contributed by atoms with E-state index in [4.69, 9.17) is 5.53 Å². The summed E-state index contributed by atoms with van der Waals surface area (Å²) < 4.78 is 3.58. The van der Waals surface area contributed by atoms with Crippen LogP contribution in [0.2, 0.25) is 19.6 Å². The third kappa shape index (κ3) is 9.45. The average Bonchev–Trinajstić information content (AvgIpc) is 1.30. The van der Waals surface area contributed by atoms with E-state index >= 15 is 0 Å². The maximum atomic E-state index is 7.89. The van der Waals surface area contributed by atoms with Crippen molar-refractivity contribution in [1.82, 2.24) is 0 Å². The molecular formula is C3H9LiN3Si. The van der Waals surface area contributed by atoms with Gasteiger partial charge in [0.25, 0.3) is 0 Å². The molecule has 8 heavy (non-hydrogen) atoms. The van der Waals surface area contributed by atoms with E-state index in [1.165, 1.54) is 0 Å². The Labute approximate surface area is 62.4 Å². The number of hydrogen-bond donors (Lipinski definition) is 0. The van der Waals surface area contributed by atoms with Crippen LogP contribution in [0.3, 0.4) is 0 Å². The van der Waals surface area contributed by atoms with Gasteiger partial charge < -0.3 is 0 Å². The summed E-state index contributed by atoms with van der Waals surface area (Å²) in [6.45, 7) is 5.98. The smallest absolute Gasteiger partial charge is 0.125 e. The Morgan fingerprint density at radius 2 is 1.75 bits per heavy atom. The SMILES string of the molecule is C[Si](C)(C)N=[N+]=[N-].[Li]. The van der Waals surface area contributed by atoms with Gasteiger partial charge >= 0.3 is 0 Å². The summed E-state index contributed by atoms with van der Waals surface area (Å²) >= 11 is 0. The summed E-state index contributed by atoms with van der Waals surface area (Å²) in [6, 6.07) is 0. The van der Waals surface area contributed by atoms with Crippen LogP contribution in [-0.2, 0) is 0 Å². The molecule has 0 saturated heterocycles. The molecular weight excluding hydrogens is 113 g/mol. The van der Waals surface area contributed by atoms with E-state index in [-0.39, 0.29) is 18.9 Å². The molecule has 0 fully saturated rings. The topological polar surface area (TPSA) is 48.8 Å². The van der Waals surface area contributed by atoms with Crippen LogP contribution in [-0.4, -0.2) is 27.1 Å². The van der Waals surface area contributed by atoms with Crippen LogP contribution >= 0.6 is 0 Å². The first-order chi connectivity index (χ1) is 3.06. The summed E-state index contributed by atoms with van der Waals surface area (Å²) in [5.41, 5.74) is 7.89. The fourth-order valence-electron chi connectivity index (χ4n) is 0.134. The molecule has 0 aromatic heterocycles. The number of azide groups is 1. The normalized spacial score (nSPS) is 8.88. The molecule has 0 aliphatic heterocycles. The zero-order valence-electron chi connectivity index (χ0n) is 5.84. The van der Waals surface area contributed by atoms with E-state index in [1.54, 1.807) is 0 Å². The van der Waals surface area contributed by atoms with Crippen molar-refractivity contribution in [3.8, 4) is 0 Å². The molecule has 0 rings (SSSR count). The second-order valence-electron chi connectivity index (χ2n) is 2.36.